The van der Waals surface area contributed by atoms with Gasteiger partial charge in [-0.3, -0.25) is 0 Å². The topological polar surface area (TPSA) is 3.24 Å². The number of halogens is 1. The average molecular weight is 1130 g/mol. The second-order valence-electron chi connectivity index (χ2n) is 22.1. The maximum Gasteiger partial charge on any atom is 0.0468 e. The van der Waals surface area contributed by atoms with Crippen LogP contribution in [0.25, 0.3) is 109 Å². The van der Waals surface area contributed by atoms with Gasteiger partial charge in [-0.15, -0.1) is 0 Å². The Hall–Kier alpha value is -10.8. The lowest BCUT2D eigenvalue weighted by Gasteiger charge is -2.26. The summed E-state index contributed by atoms with van der Waals surface area (Å²) in [5.74, 6) is 0. The van der Waals surface area contributed by atoms with Crippen LogP contribution in [-0.2, 0) is 6.42 Å². The summed E-state index contributed by atoms with van der Waals surface area (Å²) < 4.78 is 0. The fourth-order valence-electron chi connectivity index (χ4n) is 12.2. The van der Waals surface area contributed by atoms with E-state index in [0.29, 0.717) is 0 Å². The van der Waals surface area contributed by atoms with Gasteiger partial charge in [0.25, 0.3) is 0 Å². The first kappa shape index (κ1) is 54.1. The molecule has 0 bridgehead atoms. The Labute approximate surface area is 513 Å². The van der Waals surface area contributed by atoms with Crippen LogP contribution in [0.5, 0.6) is 0 Å². The van der Waals surface area contributed by atoms with Crippen LogP contribution in [0.3, 0.4) is 0 Å². The first-order valence-corrected chi connectivity index (χ1v) is 30.1. The molecule has 16 aromatic carbocycles. The maximum atomic E-state index is 6.14. The van der Waals surface area contributed by atoms with E-state index in [9.17, 15) is 0 Å². The number of anilines is 3. The third kappa shape index (κ3) is 11.7. The van der Waals surface area contributed by atoms with Crippen molar-refractivity contribution in [1.29, 1.82) is 0 Å². The predicted molar refractivity (Wildman–Crippen MR) is 375 cm³/mol. The highest BCUT2D eigenvalue weighted by Crippen LogP contribution is 2.41. The van der Waals surface area contributed by atoms with Crippen molar-refractivity contribution in [2.24, 2.45) is 0 Å². The molecule has 0 radical (unpaired) electrons. The SMILES string of the molecule is Clc1ccc2ccc3c4ccccc4ccc3c2c1.c1ccc(-c2ccc(Cc3ccc(-c4ccccc4)cc3)cc2)cc1.c1ccc(-c2ccc(N(c3ccc(-c4ccccc4)cc3)c3ccc4ccc5c6ccccc6ccc5c4c3)cc2)cc1. The summed E-state index contributed by atoms with van der Waals surface area (Å²) in [5.41, 5.74) is 16.0. The summed E-state index contributed by atoms with van der Waals surface area (Å²) >= 11 is 6.14. The Morgan fingerprint density at radius 1 is 0.195 bits per heavy atom. The molecular formula is C85H60ClN. The molecule has 87 heavy (non-hydrogen) atoms. The molecule has 0 spiro atoms. The highest BCUT2D eigenvalue weighted by atomic mass is 35.5. The van der Waals surface area contributed by atoms with E-state index in [-0.39, 0.29) is 0 Å². The van der Waals surface area contributed by atoms with Crippen LogP contribution in [0.1, 0.15) is 11.1 Å². The van der Waals surface area contributed by atoms with Crippen molar-refractivity contribution in [2.45, 2.75) is 6.42 Å². The maximum absolute atomic E-state index is 6.14. The van der Waals surface area contributed by atoms with Gasteiger partial charge in [0.05, 0.1) is 0 Å². The molecule has 0 aliphatic heterocycles. The lowest BCUT2D eigenvalue weighted by atomic mass is 9.96. The molecular weight excluding hydrogens is 1070 g/mol. The molecule has 2 heteroatoms. The van der Waals surface area contributed by atoms with Crippen LogP contribution < -0.4 is 4.90 Å². The Balaban J connectivity index is 0.000000127. The summed E-state index contributed by atoms with van der Waals surface area (Å²) in [5, 5.41) is 16.0. The van der Waals surface area contributed by atoms with Gasteiger partial charge in [-0.05, 0) is 175 Å². The number of hydrogen-bond donors (Lipinski definition) is 0. The molecule has 0 aliphatic rings. The smallest absolute Gasteiger partial charge is 0.0468 e. The Morgan fingerprint density at radius 3 is 0.862 bits per heavy atom. The molecule has 0 unspecified atom stereocenters. The molecule has 412 valence electrons. The molecule has 0 saturated heterocycles. The molecule has 0 heterocycles. The monoisotopic (exact) mass is 1130 g/mol. The fraction of sp³-hybridized carbons (Fsp3) is 0.0118. The molecule has 16 rings (SSSR count). The first-order valence-electron chi connectivity index (χ1n) is 29.8. The molecule has 0 N–H and O–H groups in total. The van der Waals surface area contributed by atoms with E-state index in [0.717, 1.165) is 28.5 Å². The molecule has 0 atom stereocenters. The third-order valence-corrected chi connectivity index (χ3v) is 16.9. The van der Waals surface area contributed by atoms with Gasteiger partial charge in [0.2, 0.25) is 0 Å². The van der Waals surface area contributed by atoms with Gasteiger partial charge in [-0.25, -0.2) is 0 Å². The first-order chi connectivity index (χ1) is 43.0. The van der Waals surface area contributed by atoms with Crippen LogP contribution in [0.15, 0.2) is 352 Å². The largest absolute Gasteiger partial charge is 0.310 e. The molecule has 16 aromatic rings. The second kappa shape index (κ2) is 24.8. The molecule has 1 nitrogen and oxygen atoms in total. The summed E-state index contributed by atoms with van der Waals surface area (Å²) in [6.45, 7) is 0. The van der Waals surface area contributed by atoms with Gasteiger partial charge in [0.15, 0.2) is 0 Å². The number of nitrogens with zero attached hydrogens (tertiary/aromatic N) is 1. The van der Waals surface area contributed by atoms with Crippen molar-refractivity contribution in [3.63, 3.8) is 0 Å². The van der Waals surface area contributed by atoms with Crippen LogP contribution >= 0.6 is 11.6 Å². The molecule has 0 aromatic heterocycles. The minimum Gasteiger partial charge on any atom is -0.310 e. The van der Waals surface area contributed by atoms with Gasteiger partial charge in [0.1, 0.15) is 0 Å². The zero-order valence-electron chi connectivity index (χ0n) is 48.0. The molecule has 0 fully saturated rings. The summed E-state index contributed by atoms with van der Waals surface area (Å²) in [6, 6.07) is 126. The van der Waals surface area contributed by atoms with Crippen molar-refractivity contribution in [3.05, 3.63) is 368 Å². The average Bonchev–Trinajstić information content (AvgIpc) is 2.36. The lowest BCUT2D eigenvalue weighted by molar-refractivity contribution is 1.19. The Bertz CT molecular complexity index is 4840. The lowest BCUT2D eigenvalue weighted by Crippen LogP contribution is -2.09. The van der Waals surface area contributed by atoms with E-state index in [1.807, 2.05) is 12.1 Å². The normalized spacial score (nSPS) is 11.1. The van der Waals surface area contributed by atoms with E-state index in [1.165, 1.54) is 120 Å². The fourth-order valence-corrected chi connectivity index (χ4v) is 12.3. The minimum absolute atomic E-state index is 0.785. The van der Waals surface area contributed by atoms with Crippen LogP contribution in [0.2, 0.25) is 5.02 Å². The summed E-state index contributed by atoms with van der Waals surface area (Å²) in [4.78, 5) is 2.36. The minimum atomic E-state index is 0.785. The highest BCUT2D eigenvalue weighted by molar-refractivity contribution is 6.32. The van der Waals surface area contributed by atoms with Crippen molar-refractivity contribution in [3.8, 4) is 44.5 Å². The number of fused-ring (bicyclic) bond motifs is 10. The Kier molecular flexibility index (Phi) is 15.4. The zero-order chi connectivity index (χ0) is 58.3. The van der Waals surface area contributed by atoms with Gasteiger partial charge in [-0.1, -0.05) is 315 Å². The predicted octanol–water partition coefficient (Wildman–Crippen LogP) is 24.4. The number of rotatable bonds is 9. The van der Waals surface area contributed by atoms with Crippen LogP contribution in [0.4, 0.5) is 17.1 Å². The van der Waals surface area contributed by atoms with E-state index < -0.39 is 0 Å². The number of hydrogen-bond acceptors (Lipinski definition) is 1. The van der Waals surface area contributed by atoms with Crippen LogP contribution in [0, 0.1) is 0 Å². The molecule has 0 aliphatic carbocycles. The van der Waals surface area contributed by atoms with Crippen molar-refractivity contribution < 1.29 is 0 Å². The third-order valence-electron chi connectivity index (χ3n) is 16.7. The van der Waals surface area contributed by atoms with E-state index in [1.54, 1.807) is 0 Å². The van der Waals surface area contributed by atoms with E-state index >= 15 is 0 Å². The quantitative estimate of drug-likeness (QED) is 0.130. The summed E-state index contributed by atoms with van der Waals surface area (Å²) in [7, 11) is 0. The van der Waals surface area contributed by atoms with Crippen molar-refractivity contribution in [1.82, 2.24) is 0 Å². The second-order valence-corrected chi connectivity index (χ2v) is 22.6. The van der Waals surface area contributed by atoms with Gasteiger partial charge < -0.3 is 4.90 Å². The van der Waals surface area contributed by atoms with Gasteiger partial charge >= 0.3 is 0 Å². The van der Waals surface area contributed by atoms with Crippen LogP contribution in [-0.4, -0.2) is 0 Å². The number of benzene rings is 16. The Morgan fingerprint density at radius 2 is 0.471 bits per heavy atom. The van der Waals surface area contributed by atoms with Gasteiger partial charge in [-0.2, -0.15) is 0 Å². The van der Waals surface area contributed by atoms with E-state index in [2.05, 4.69) is 345 Å². The van der Waals surface area contributed by atoms with Crippen molar-refractivity contribution in [2.75, 3.05) is 4.90 Å². The standard InChI is InChI=1S/C42H29N.C25H20.C18H11Cl/c1-3-9-30(10-4-1)32-15-22-36(23-16-32)43(37-24-17-33(18-25-37)31-11-5-2-6-12-31)38-26-19-35-21-27-40-39-14-8-7-13-34(39)20-28-41(40)42(35)29-38;1-3-7-22(8-4-1)24-15-11-20(12-16-24)19-21-13-17-25(18-14-21)23-9-5-2-6-10-23;19-14-8-5-13-7-9-16-15-4-2-1-3-12(15)6-10-17(16)18(13)11-14/h1-29H;1-18H,19H2;1-11H. The highest BCUT2D eigenvalue weighted by Gasteiger charge is 2.16. The van der Waals surface area contributed by atoms with Crippen molar-refractivity contribution >= 4 is 93.3 Å². The summed E-state index contributed by atoms with van der Waals surface area (Å²) in [6.07, 6.45) is 0.962. The van der Waals surface area contributed by atoms with E-state index in [4.69, 9.17) is 11.6 Å². The van der Waals surface area contributed by atoms with Gasteiger partial charge in [0, 0.05) is 22.1 Å². The zero-order valence-corrected chi connectivity index (χ0v) is 48.8. The molecule has 0 saturated carbocycles. The molecule has 0 amide bonds.